The fraction of sp³-hybridized carbons (Fsp3) is 0.214. The zero-order valence-electron chi connectivity index (χ0n) is 10.2. The summed E-state index contributed by atoms with van der Waals surface area (Å²) in [4.78, 5) is 14.0. The van der Waals surface area contributed by atoms with Gasteiger partial charge in [-0.05, 0) is 42.7 Å². The number of amides is 1. The number of hydrogen-bond donors (Lipinski definition) is 1. The number of carbonyl (C=O) groups is 1. The molecule has 1 unspecified atom stereocenters. The predicted octanol–water partition coefficient (Wildman–Crippen LogP) is 3.54. The van der Waals surface area contributed by atoms with Gasteiger partial charge in [-0.1, -0.05) is 18.5 Å². The van der Waals surface area contributed by atoms with Crippen LogP contribution in [-0.4, -0.2) is 5.91 Å². The van der Waals surface area contributed by atoms with Crippen LogP contribution in [0.15, 0.2) is 41.7 Å². The van der Waals surface area contributed by atoms with Gasteiger partial charge in [-0.2, -0.15) is 0 Å². The van der Waals surface area contributed by atoms with E-state index in [0.717, 1.165) is 11.4 Å². The molecule has 2 aliphatic rings. The molecule has 0 bridgehead atoms. The van der Waals surface area contributed by atoms with Gasteiger partial charge in [0.05, 0.1) is 11.4 Å². The van der Waals surface area contributed by atoms with Crippen LogP contribution in [-0.2, 0) is 4.79 Å². The second-order valence-electron chi connectivity index (χ2n) is 4.70. The van der Waals surface area contributed by atoms with Crippen LogP contribution in [0, 0.1) is 5.92 Å². The molecule has 0 radical (unpaired) electrons. The number of nitrogens with zero attached hydrogens (tertiary/aromatic N) is 1. The molecule has 2 aliphatic heterocycles. The number of fused-ring (bicyclic) bond motifs is 3. The summed E-state index contributed by atoms with van der Waals surface area (Å²) in [6.45, 7) is 4.14. The number of carbonyl (C=O) groups excluding carboxylic acids is 1. The SMILES string of the molecule is CC1=CN2C(=CC1C)C(=O)Nc1ccc(Cl)cc12. The van der Waals surface area contributed by atoms with Gasteiger partial charge >= 0.3 is 0 Å². The van der Waals surface area contributed by atoms with Crippen LogP contribution in [0.25, 0.3) is 0 Å². The van der Waals surface area contributed by atoms with Gasteiger partial charge in [0.15, 0.2) is 0 Å². The monoisotopic (exact) mass is 260 g/mol. The van der Waals surface area contributed by atoms with Crippen LogP contribution in [0.3, 0.4) is 0 Å². The first-order chi connectivity index (χ1) is 8.56. The molecule has 0 aromatic heterocycles. The third-order valence-corrected chi connectivity index (χ3v) is 3.65. The van der Waals surface area contributed by atoms with Gasteiger partial charge in [-0.3, -0.25) is 4.79 Å². The second kappa shape index (κ2) is 3.89. The highest BCUT2D eigenvalue weighted by Crippen LogP contribution is 2.39. The lowest BCUT2D eigenvalue weighted by atomic mass is 9.97. The maximum atomic E-state index is 12.0. The molecular weight excluding hydrogens is 248 g/mol. The fourth-order valence-electron chi connectivity index (χ4n) is 2.22. The number of benzene rings is 1. The summed E-state index contributed by atoms with van der Waals surface area (Å²) in [5.74, 6) is 0.211. The molecule has 1 aromatic carbocycles. The van der Waals surface area contributed by atoms with E-state index in [1.54, 1.807) is 6.07 Å². The first-order valence-corrected chi connectivity index (χ1v) is 6.24. The minimum atomic E-state index is -0.0691. The second-order valence-corrected chi connectivity index (χ2v) is 5.14. The van der Waals surface area contributed by atoms with E-state index < -0.39 is 0 Å². The summed E-state index contributed by atoms with van der Waals surface area (Å²) in [6, 6.07) is 5.47. The Bertz CT molecular complexity index is 604. The largest absolute Gasteiger partial charge is 0.319 e. The number of allylic oxidation sites excluding steroid dienone is 2. The van der Waals surface area contributed by atoms with Crippen LogP contribution in [0.1, 0.15) is 13.8 Å². The molecule has 0 fully saturated rings. The highest BCUT2D eigenvalue weighted by molar-refractivity contribution is 6.31. The van der Waals surface area contributed by atoms with Gasteiger partial charge in [0, 0.05) is 11.2 Å². The molecule has 18 heavy (non-hydrogen) atoms. The van der Waals surface area contributed by atoms with Crippen LogP contribution < -0.4 is 10.2 Å². The molecule has 0 saturated heterocycles. The zero-order valence-corrected chi connectivity index (χ0v) is 11.0. The van der Waals surface area contributed by atoms with Crippen LogP contribution in [0.5, 0.6) is 0 Å². The third-order valence-electron chi connectivity index (χ3n) is 3.42. The zero-order chi connectivity index (χ0) is 12.9. The van der Waals surface area contributed by atoms with Gasteiger partial charge in [0.2, 0.25) is 0 Å². The molecule has 92 valence electrons. The number of rotatable bonds is 0. The molecule has 0 spiro atoms. The first-order valence-electron chi connectivity index (χ1n) is 5.86. The summed E-state index contributed by atoms with van der Waals surface area (Å²) in [6.07, 6.45) is 3.99. The van der Waals surface area contributed by atoms with E-state index in [2.05, 4.69) is 19.2 Å². The summed E-state index contributed by atoms with van der Waals surface area (Å²) in [5, 5.41) is 3.55. The molecule has 3 rings (SSSR count). The predicted molar refractivity (Wildman–Crippen MR) is 73.6 cm³/mol. The lowest BCUT2D eigenvalue weighted by Gasteiger charge is -2.34. The van der Waals surface area contributed by atoms with Gasteiger partial charge in [-0.25, -0.2) is 0 Å². The molecule has 0 saturated carbocycles. The smallest absolute Gasteiger partial charge is 0.272 e. The average molecular weight is 261 g/mol. The van der Waals surface area contributed by atoms with E-state index in [4.69, 9.17) is 11.6 Å². The van der Waals surface area contributed by atoms with Crippen molar-refractivity contribution < 1.29 is 4.79 Å². The van der Waals surface area contributed by atoms with Crippen molar-refractivity contribution >= 4 is 28.9 Å². The standard InChI is InChI=1S/C14H13ClN2O/c1-8-5-13-14(18)16-11-4-3-10(15)6-12(11)17(13)7-9(8)2/h3-8H,1-2H3,(H,16,18). The highest BCUT2D eigenvalue weighted by Gasteiger charge is 2.29. The van der Waals surface area contributed by atoms with E-state index in [1.165, 1.54) is 5.57 Å². The van der Waals surface area contributed by atoms with Crippen molar-refractivity contribution in [2.75, 3.05) is 10.2 Å². The summed E-state index contributed by atoms with van der Waals surface area (Å²) in [7, 11) is 0. The van der Waals surface area contributed by atoms with Gasteiger partial charge in [-0.15, -0.1) is 0 Å². The molecule has 1 N–H and O–H groups in total. The normalized spacial score (nSPS) is 21.6. The van der Waals surface area contributed by atoms with E-state index in [0.29, 0.717) is 10.7 Å². The minimum Gasteiger partial charge on any atom is -0.319 e. The van der Waals surface area contributed by atoms with E-state index >= 15 is 0 Å². The Balaban J connectivity index is 2.18. The molecule has 0 aliphatic carbocycles. The van der Waals surface area contributed by atoms with Crippen molar-refractivity contribution in [1.29, 1.82) is 0 Å². The minimum absolute atomic E-state index is 0.0691. The molecule has 1 aromatic rings. The lowest BCUT2D eigenvalue weighted by Crippen LogP contribution is -2.35. The first kappa shape index (κ1) is 11.4. The van der Waals surface area contributed by atoms with Gasteiger partial charge in [0.1, 0.15) is 5.70 Å². The van der Waals surface area contributed by atoms with Crippen molar-refractivity contribution in [1.82, 2.24) is 0 Å². The van der Waals surface area contributed by atoms with Crippen molar-refractivity contribution in [3.63, 3.8) is 0 Å². The molecule has 2 heterocycles. The van der Waals surface area contributed by atoms with Crippen LogP contribution in [0.4, 0.5) is 11.4 Å². The van der Waals surface area contributed by atoms with Crippen LogP contribution >= 0.6 is 11.6 Å². The number of nitrogens with one attached hydrogen (secondary N) is 1. The molecular formula is C14H13ClN2O. The average Bonchev–Trinajstić information content (AvgIpc) is 2.33. The fourth-order valence-corrected chi connectivity index (χ4v) is 2.39. The third kappa shape index (κ3) is 1.63. The van der Waals surface area contributed by atoms with Gasteiger partial charge in [0.25, 0.3) is 5.91 Å². The number of anilines is 2. The Morgan fingerprint density at radius 2 is 2.17 bits per heavy atom. The highest BCUT2D eigenvalue weighted by atomic mass is 35.5. The maximum absolute atomic E-state index is 12.0. The number of halogens is 1. The van der Waals surface area contributed by atoms with Crippen molar-refractivity contribution in [2.24, 2.45) is 5.92 Å². The van der Waals surface area contributed by atoms with Crippen molar-refractivity contribution in [3.8, 4) is 0 Å². The molecule has 3 nitrogen and oxygen atoms in total. The lowest BCUT2D eigenvalue weighted by molar-refractivity contribution is -0.113. The number of hydrogen-bond acceptors (Lipinski definition) is 2. The Labute approximate surface area is 111 Å². The summed E-state index contributed by atoms with van der Waals surface area (Å²) in [5.41, 5.74) is 3.60. The van der Waals surface area contributed by atoms with E-state index in [9.17, 15) is 4.79 Å². The molecule has 1 amide bonds. The van der Waals surface area contributed by atoms with E-state index in [1.807, 2.05) is 29.3 Å². The van der Waals surface area contributed by atoms with Crippen LogP contribution in [0.2, 0.25) is 5.02 Å². The Kier molecular flexibility index (Phi) is 2.45. The van der Waals surface area contributed by atoms with Crippen molar-refractivity contribution in [2.45, 2.75) is 13.8 Å². The topological polar surface area (TPSA) is 32.3 Å². The van der Waals surface area contributed by atoms with E-state index in [-0.39, 0.29) is 11.8 Å². The molecule has 4 heteroatoms. The van der Waals surface area contributed by atoms with Gasteiger partial charge < -0.3 is 10.2 Å². The Hall–Kier alpha value is -1.74. The Morgan fingerprint density at radius 1 is 1.39 bits per heavy atom. The maximum Gasteiger partial charge on any atom is 0.272 e. The summed E-state index contributed by atoms with van der Waals surface area (Å²) >= 11 is 6.03. The summed E-state index contributed by atoms with van der Waals surface area (Å²) < 4.78 is 0. The quantitative estimate of drug-likeness (QED) is 0.774. The Morgan fingerprint density at radius 3 is 2.94 bits per heavy atom. The van der Waals surface area contributed by atoms with Crippen molar-refractivity contribution in [3.05, 3.63) is 46.8 Å². The molecule has 1 atom stereocenters.